The van der Waals surface area contributed by atoms with E-state index in [0.29, 0.717) is 38.5 Å². The zero-order chi connectivity index (χ0) is 9.23. The molecule has 0 aromatic rings. The number of hydrogen-bond donors (Lipinski definition) is 2. The van der Waals surface area contributed by atoms with Crippen molar-refractivity contribution in [3.8, 4) is 0 Å². The molecule has 0 fully saturated rings. The topological polar surface area (TPSA) is 64.7 Å². The van der Waals surface area contributed by atoms with Gasteiger partial charge in [-0.05, 0) is 5.57 Å². The fraction of sp³-hybridized carbons (Fsp3) is 0.750. The Labute approximate surface area is 73.0 Å². The van der Waals surface area contributed by atoms with Gasteiger partial charge in [0.1, 0.15) is 0 Å². The minimum Gasteiger partial charge on any atom is -0.392 e. The summed E-state index contributed by atoms with van der Waals surface area (Å²) in [5, 5.41) is 8.55. The van der Waals surface area contributed by atoms with Gasteiger partial charge in [-0.25, -0.2) is 0 Å². The van der Waals surface area contributed by atoms with Gasteiger partial charge in [-0.2, -0.15) is 0 Å². The minimum atomic E-state index is -0.0241. The van der Waals surface area contributed by atoms with Gasteiger partial charge in [-0.15, -0.1) is 0 Å². The molecule has 0 saturated heterocycles. The Bertz CT molecular complexity index is 117. The fourth-order valence-corrected chi connectivity index (χ4v) is 0.565. The van der Waals surface area contributed by atoms with Crippen LogP contribution in [0.15, 0.2) is 12.2 Å². The fourth-order valence-electron chi connectivity index (χ4n) is 0.565. The Balaban J connectivity index is 2.95. The van der Waals surface area contributed by atoms with Gasteiger partial charge in [-0.1, -0.05) is 6.58 Å². The molecule has 0 radical (unpaired) electrons. The van der Waals surface area contributed by atoms with E-state index in [2.05, 4.69) is 6.58 Å². The lowest BCUT2D eigenvalue weighted by Gasteiger charge is -2.04. The first kappa shape index (κ1) is 11.6. The average molecular weight is 175 g/mol. The van der Waals surface area contributed by atoms with Crippen LogP contribution in [0.4, 0.5) is 0 Å². The number of nitrogens with two attached hydrogens (primary N) is 1. The van der Waals surface area contributed by atoms with Gasteiger partial charge in [0.15, 0.2) is 0 Å². The van der Waals surface area contributed by atoms with E-state index >= 15 is 0 Å². The standard InChI is InChI=1S/C8H17NO3/c1-8(6-10)7-12-5-4-11-3-2-9/h10H,1-7,9H2. The summed E-state index contributed by atoms with van der Waals surface area (Å²) in [6.45, 7) is 6.08. The Morgan fingerprint density at radius 1 is 1.25 bits per heavy atom. The lowest BCUT2D eigenvalue weighted by molar-refractivity contribution is 0.0574. The van der Waals surface area contributed by atoms with Crippen molar-refractivity contribution in [3.05, 3.63) is 12.2 Å². The second kappa shape index (κ2) is 8.67. The van der Waals surface area contributed by atoms with E-state index < -0.39 is 0 Å². The van der Waals surface area contributed by atoms with Crippen LogP contribution in [-0.2, 0) is 9.47 Å². The molecule has 3 N–H and O–H groups in total. The van der Waals surface area contributed by atoms with Crippen molar-refractivity contribution in [3.63, 3.8) is 0 Å². The van der Waals surface area contributed by atoms with Gasteiger partial charge in [0, 0.05) is 6.54 Å². The molecule has 4 nitrogen and oxygen atoms in total. The van der Waals surface area contributed by atoms with Gasteiger partial charge in [0.25, 0.3) is 0 Å². The first-order chi connectivity index (χ1) is 5.81. The van der Waals surface area contributed by atoms with Crippen LogP contribution < -0.4 is 5.73 Å². The first-order valence-corrected chi connectivity index (χ1v) is 3.94. The summed E-state index contributed by atoms with van der Waals surface area (Å²) in [7, 11) is 0. The van der Waals surface area contributed by atoms with E-state index in [1.165, 1.54) is 0 Å². The van der Waals surface area contributed by atoms with Crippen LogP contribution in [-0.4, -0.2) is 44.7 Å². The summed E-state index contributed by atoms with van der Waals surface area (Å²) < 4.78 is 10.2. The average Bonchev–Trinajstić information content (AvgIpc) is 2.10. The normalized spacial score (nSPS) is 10.2. The molecule has 0 spiro atoms. The lowest BCUT2D eigenvalue weighted by Crippen LogP contribution is -2.12. The molecule has 0 amide bonds. The highest BCUT2D eigenvalue weighted by Crippen LogP contribution is 1.88. The summed E-state index contributed by atoms with van der Waals surface area (Å²) in [5.41, 5.74) is 5.87. The summed E-state index contributed by atoms with van der Waals surface area (Å²) in [6.07, 6.45) is 0. The quantitative estimate of drug-likeness (QED) is 0.386. The number of aliphatic hydroxyl groups excluding tert-OH is 1. The molecule has 12 heavy (non-hydrogen) atoms. The third-order valence-corrected chi connectivity index (χ3v) is 1.16. The maximum absolute atomic E-state index is 8.55. The molecule has 72 valence electrons. The predicted molar refractivity (Wildman–Crippen MR) is 46.9 cm³/mol. The molecule has 0 unspecified atom stereocenters. The Morgan fingerprint density at radius 2 is 1.92 bits per heavy atom. The van der Waals surface area contributed by atoms with E-state index in [0.717, 1.165) is 0 Å². The van der Waals surface area contributed by atoms with E-state index in [1.54, 1.807) is 0 Å². The van der Waals surface area contributed by atoms with Gasteiger partial charge >= 0.3 is 0 Å². The number of hydrogen-bond acceptors (Lipinski definition) is 4. The van der Waals surface area contributed by atoms with Crippen molar-refractivity contribution in [1.82, 2.24) is 0 Å². The number of ether oxygens (including phenoxy) is 2. The smallest absolute Gasteiger partial charge is 0.0704 e. The second-order valence-electron chi connectivity index (χ2n) is 2.36. The molecule has 0 aliphatic carbocycles. The highest BCUT2D eigenvalue weighted by atomic mass is 16.5. The summed E-state index contributed by atoms with van der Waals surface area (Å²) in [4.78, 5) is 0. The lowest BCUT2D eigenvalue weighted by atomic mass is 10.3. The molecule has 0 atom stereocenters. The minimum absolute atomic E-state index is 0.0241. The third kappa shape index (κ3) is 7.68. The van der Waals surface area contributed by atoms with Gasteiger partial charge < -0.3 is 20.3 Å². The van der Waals surface area contributed by atoms with Crippen molar-refractivity contribution < 1.29 is 14.6 Å². The maximum atomic E-state index is 8.55. The monoisotopic (exact) mass is 175 g/mol. The molecule has 0 aromatic carbocycles. The molecular formula is C8H17NO3. The maximum Gasteiger partial charge on any atom is 0.0704 e. The molecule has 0 aliphatic heterocycles. The first-order valence-electron chi connectivity index (χ1n) is 3.94. The highest BCUT2D eigenvalue weighted by molar-refractivity contribution is 4.93. The van der Waals surface area contributed by atoms with Crippen LogP contribution in [0.25, 0.3) is 0 Å². The van der Waals surface area contributed by atoms with Crippen LogP contribution in [0.3, 0.4) is 0 Å². The molecule has 0 rings (SSSR count). The molecule has 0 aromatic heterocycles. The largest absolute Gasteiger partial charge is 0.392 e. The zero-order valence-electron chi connectivity index (χ0n) is 7.29. The Morgan fingerprint density at radius 3 is 2.50 bits per heavy atom. The number of aliphatic hydroxyl groups is 1. The number of rotatable bonds is 8. The molecule has 0 bridgehead atoms. The van der Waals surface area contributed by atoms with Gasteiger partial charge in [0.05, 0.1) is 33.0 Å². The molecule has 4 heteroatoms. The van der Waals surface area contributed by atoms with Crippen LogP contribution in [0.5, 0.6) is 0 Å². The van der Waals surface area contributed by atoms with Crippen LogP contribution >= 0.6 is 0 Å². The molecule has 0 aliphatic rings. The van der Waals surface area contributed by atoms with E-state index in [1.807, 2.05) is 0 Å². The Kier molecular flexibility index (Phi) is 8.37. The highest BCUT2D eigenvalue weighted by Gasteiger charge is 1.91. The molecule has 0 heterocycles. The van der Waals surface area contributed by atoms with Crippen LogP contribution in [0, 0.1) is 0 Å². The zero-order valence-corrected chi connectivity index (χ0v) is 7.29. The van der Waals surface area contributed by atoms with Gasteiger partial charge in [0.2, 0.25) is 0 Å². The summed E-state index contributed by atoms with van der Waals surface area (Å²) in [6, 6.07) is 0. The van der Waals surface area contributed by atoms with Crippen molar-refractivity contribution in [2.24, 2.45) is 5.73 Å². The van der Waals surface area contributed by atoms with Gasteiger partial charge in [-0.3, -0.25) is 0 Å². The third-order valence-electron chi connectivity index (χ3n) is 1.16. The van der Waals surface area contributed by atoms with Crippen molar-refractivity contribution in [2.45, 2.75) is 0 Å². The summed E-state index contributed by atoms with van der Waals surface area (Å²) >= 11 is 0. The van der Waals surface area contributed by atoms with Crippen molar-refractivity contribution in [1.29, 1.82) is 0 Å². The van der Waals surface area contributed by atoms with E-state index in [-0.39, 0.29) is 6.61 Å². The van der Waals surface area contributed by atoms with Crippen molar-refractivity contribution in [2.75, 3.05) is 39.6 Å². The Hall–Kier alpha value is -0.420. The van der Waals surface area contributed by atoms with Crippen LogP contribution in [0.2, 0.25) is 0 Å². The van der Waals surface area contributed by atoms with Crippen molar-refractivity contribution >= 4 is 0 Å². The van der Waals surface area contributed by atoms with Crippen LogP contribution in [0.1, 0.15) is 0 Å². The van der Waals surface area contributed by atoms with E-state index in [4.69, 9.17) is 20.3 Å². The predicted octanol–water partition coefficient (Wildman–Crippen LogP) is -0.473. The molecule has 0 saturated carbocycles. The molecular weight excluding hydrogens is 158 g/mol. The van der Waals surface area contributed by atoms with E-state index in [9.17, 15) is 0 Å². The summed E-state index contributed by atoms with van der Waals surface area (Å²) in [5.74, 6) is 0. The second-order valence-corrected chi connectivity index (χ2v) is 2.36. The SMILES string of the molecule is C=C(CO)COCCOCCN.